The fourth-order valence-corrected chi connectivity index (χ4v) is 4.37. The van der Waals surface area contributed by atoms with E-state index in [2.05, 4.69) is 27.1 Å². The van der Waals surface area contributed by atoms with Crippen LogP contribution in [-0.4, -0.2) is 27.9 Å². The van der Waals surface area contributed by atoms with Gasteiger partial charge in [-0.15, -0.1) is 0 Å². The van der Waals surface area contributed by atoms with Crippen molar-refractivity contribution in [3.8, 4) is 0 Å². The molecule has 2 heterocycles. The molecule has 2 aromatic rings. The highest BCUT2D eigenvalue weighted by Gasteiger charge is 2.53. The summed E-state index contributed by atoms with van der Waals surface area (Å²) < 4.78 is 14.2. The Balaban J connectivity index is 2.19. The van der Waals surface area contributed by atoms with Crippen LogP contribution in [0.2, 0.25) is 10.0 Å². The Morgan fingerprint density at radius 1 is 1.23 bits per heavy atom. The molecule has 0 amide bonds. The number of aromatic nitrogens is 2. The van der Waals surface area contributed by atoms with Crippen LogP contribution in [0.3, 0.4) is 0 Å². The van der Waals surface area contributed by atoms with Crippen LogP contribution in [0.1, 0.15) is 27.7 Å². The summed E-state index contributed by atoms with van der Waals surface area (Å²) in [7, 11) is -0.561. The average molecular weight is 471 g/mol. The van der Waals surface area contributed by atoms with Gasteiger partial charge in [0.1, 0.15) is 0 Å². The van der Waals surface area contributed by atoms with Crippen molar-refractivity contribution in [3.05, 3.63) is 22.3 Å². The van der Waals surface area contributed by atoms with E-state index in [-0.39, 0.29) is 0 Å². The molecule has 0 N–H and O–H groups in total. The van der Waals surface area contributed by atoms with E-state index in [1.807, 2.05) is 38.2 Å². The van der Waals surface area contributed by atoms with Crippen LogP contribution in [0.15, 0.2) is 12.3 Å². The Kier molecular flexibility index (Phi) is 4.50. The predicted octanol–water partition coefficient (Wildman–Crippen LogP) is 4.43. The molecule has 1 saturated heterocycles. The third kappa shape index (κ3) is 2.60. The summed E-state index contributed by atoms with van der Waals surface area (Å²) in [5.74, 6) is 0. The lowest BCUT2D eigenvalue weighted by atomic mass is 9.77. The lowest BCUT2D eigenvalue weighted by molar-refractivity contribution is 0.00578. The Morgan fingerprint density at radius 3 is 2.36 bits per heavy atom. The Labute approximate surface area is 154 Å². The van der Waals surface area contributed by atoms with Crippen LogP contribution in [0.4, 0.5) is 0 Å². The van der Waals surface area contributed by atoms with Gasteiger partial charge in [0.25, 0.3) is 0 Å². The van der Waals surface area contributed by atoms with Gasteiger partial charge in [-0.3, -0.25) is 0 Å². The van der Waals surface area contributed by atoms with Crippen LogP contribution in [-0.2, 0) is 9.31 Å². The molecule has 0 aliphatic carbocycles. The van der Waals surface area contributed by atoms with Gasteiger partial charge in [0.2, 0.25) is 0 Å². The number of hydrogen-bond donors (Lipinski definition) is 0. The molecule has 3 rings (SSSR count). The first-order valence-corrected chi connectivity index (χ1v) is 11.6. The summed E-state index contributed by atoms with van der Waals surface area (Å²) in [4.78, 5) is 0. The lowest BCUT2D eigenvalue weighted by Crippen LogP contribution is -2.41. The first-order chi connectivity index (χ1) is 10.2. The highest BCUT2D eigenvalue weighted by atomic mass is 127. The molecule has 1 aliphatic heterocycles. The second-order valence-corrected chi connectivity index (χ2v) is 9.07. The van der Waals surface area contributed by atoms with Crippen molar-refractivity contribution in [1.82, 2.24) is 9.55 Å². The van der Waals surface area contributed by atoms with Crippen LogP contribution in [0.25, 0.3) is 10.9 Å². The summed E-state index contributed by atoms with van der Waals surface area (Å²) in [6.45, 7) is 8.05. The Hall–Kier alpha value is 0.415. The normalized spacial score (nSPS) is 20.6. The van der Waals surface area contributed by atoms with Gasteiger partial charge < -0.3 is 9.31 Å². The van der Waals surface area contributed by atoms with E-state index in [4.69, 9.17) is 32.5 Å². The summed E-state index contributed by atoms with van der Waals surface area (Å²) >= 11 is 15.1. The summed E-state index contributed by atoms with van der Waals surface area (Å²) in [6.07, 6.45) is 2.27. The van der Waals surface area contributed by atoms with Crippen LogP contribution >= 0.6 is 51.6 Å². The van der Waals surface area contributed by atoms with E-state index >= 15 is 0 Å². The number of halogens is 3. The number of fused-ring (bicyclic) bond motifs is 1. The average Bonchev–Trinajstić information content (AvgIpc) is 2.89. The van der Waals surface area contributed by atoms with Gasteiger partial charge in [0.15, 0.2) is 0 Å². The third-order valence-corrected chi connectivity index (χ3v) is 7.06. The van der Waals surface area contributed by atoms with Gasteiger partial charge >= 0.3 is 7.12 Å². The Morgan fingerprint density at radius 2 is 1.82 bits per heavy atom. The largest absolute Gasteiger partial charge is 0.497 e. The van der Waals surface area contributed by atoms with E-state index in [0.717, 1.165) is 16.4 Å². The van der Waals surface area contributed by atoms with Crippen molar-refractivity contribution in [1.29, 1.82) is 0 Å². The summed E-state index contributed by atoms with van der Waals surface area (Å²) in [5, 5.41) is 6.25. The van der Waals surface area contributed by atoms with E-state index in [9.17, 15) is 0 Å². The highest BCUT2D eigenvalue weighted by molar-refractivity contribution is 14.2. The molecular weight excluding hydrogens is 456 g/mol. The SMILES string of the molecule is CC1(C)OB(c2c(Cl)c(Cl)cc3c2cnn3PI)OC1(C)C. The monoisotopic (exact) mass is 470 g/mol. The van der Waals surface area contributed by atoms with Crippen molar-refractivity contribution < 1.29 is 9.31 Å². The quantitative estimate of drug-likeness (QED) is 0.370. The lowest BCUT2D eigenvalue weighted by Gasteiger charge is -2.32. The van der Waals surface area contributed by atoms with Crippen LogP contribution in [0, 0.1) is 0 Å². The first-order valence-electron chi connectivity index (χ1n) is 6.76. The van der Waals surface area contributed by atoms with E-state index < -0.39 is 18.3 Å². The maximum Gasteiger partial charge on any atom is 0.497 e. The minimum Gasteiger partial charge on any atom is -0.399 e. The number of nitrogens with zero attached hydrogens (tertiary/aromatic N) is 2. The van der Waals surface area contributed by atoms with Gasteiger partial charge in [-0.2, -0.15) is 5.10 Å². The predicted molar refractivity (Wildman–Crippen MR) is 103 cm³/mol. The molecule has 4 nitrogen and oxygen atoms in total. The van der Waals surface area contributed by atoms with Crippen molar-refractivity contribution in [3.63, 3.8) is 0 Å². The van der Waals surface area contributed by atoms with Crippen LogP contribution < -0.4 is 5.46 Å². The van der Waals surface area contributed by atoms with Gasteiger partial charge in [0, 0.05) is 10.8 Å². The zero-order valence-electron chi connectivity index (χ0n) is 12.6. The first kappa shape index (κ1) is 17.2. The molecule has 1 unspecified atom stereocenters. The summed E-state index contributed by atoms with van der Waals surface area (Å²) in [5.41, 5.74) is 0.823. The molecule has 1 fully saturated rings. The molecule has 1 aromatic carbocycles. The smallest absolute Gasteiger partial charge is 0.399 e. The molecule has 0 saturated carbocycles. The van der Waals surface area contributed by atoms with Crippen molar-refractivity contribution in [2.24, 2.45) is 0 Å². The Bertz CT molecular complexity index is 737. The molecule has 0 radical (unpaired) electrons. The van der Waals surface area contributed by atoms with Gasteiger partial charge in [-0.05, 0) is 55.8 Å². The topological polar surface area (TPSA) is 36.3 Å². The van der Waals surface area contributed by atoms with Crippen molar-refractivity contribution in [2.75, 3.05) is 0 Å². The maximum atomic E-state index is 6.46. The third-order valence-electron chi connectivity index (χ3n) is 4.38. The standard InChI is InChI=1S/C13H15BCl2IN2O2P/c1-12(2)13(3,4)21-14(20-12)10-7-6-18-19(22-17)9(7)5-8(15)11(10)16/h5-6,22H,1-4H3. The molecule has 0 spiro atoms. The summed E-state index contributed by atoms with van der Waals surface area (Å²) in [6, 6.07) is 1.84. The van der Waals surface area contributed by atoms with Crippen molar-refractivity contribution >= 4 is 75.1 Å². The molecule has 22 heavy (non-hydrogen) atoms. The van der Waals surface area contributed by atoms with Gasteiger partial charge in [0.05, 0.1) is 39.3 Å². The number of rotatable bonds is 2. The molecule has 1 aromatic heterocycles. The fraction of sp³-hybridized carbons (Fsp3) is 0.462. The second-order valence-electron chi connectivity index (χ2n) is 6.25. The van der Waals surface area contributed by atoms with Crippen molar-refractivity contribution in [2.45, 2.75) is 38.9 Å². The van der Waals surface area contributed by atoms with E-state index in [0.29, 0.717) is 16.4 Å². The van der Waals surface area contributed by atoms with E-state index in [1.165, 1.54) is 0 Å². The fourth-order valence-electron chi connectivity index (χ4n) is 2.39. The van der Waals surface area contributed by atoms with Crippen LogP contribution in [0.5, 0.6) is 0 Å². The number of benzene rings is 1. The molecular formula is C13H15BCl2IN2O2P. The van der Waals surface area contributed by atoms with Gasteiger partial charge in [-0.25, -0.2) is 4.45 Å². The number of hydrogen-bond acceptors (Lipinski definition) is 3. The molecule has 1 aliphatic rings. The zero-order valence-corrected chi connectivity index (χ0v) is 17.2. The molecule has 118 valence electrons. The maximum absolute atomic E-state index is 6.46. The minimum absolute atomic E-state index is 0.434. The zero-order chi connectivity index (χ0) is 16.3. The molecule has 0 bridgehead atoms. The minimum atomic E-state index is -0.561. The highest BCUT2D eigenvalue weighted by Crippen LogP contribution is 2.39. The molecule has 1 atom stereocenters. The van der Waals surface area contributed by atoms with Gasteiger partial charge in [-0.1, -0.05) is 23.2 Å². The van der Waals surface area contributed by atoms with E-state index in [1.54, 1.807) is 6.20 Å². The molecule has 9 heteroatoms. The second kappa shape index (κ2) is 5.75.